The second kappa shape index (κ2) is 5.87. The molecule has 2 aromatic rings. The monoisotopic (exact) mass is 345 g/mol. The maximum atomic E-state index is 5.85. The highest BCUT2D eigenvalue weighted by Crippen LogP contribution is 2.24. The quantitative estimate of drug-likeness (QED) is 0.780. The zero-order chi connectivity index (χ0) is 13.1. The molecule has 0 aliphatic heterocycles. The van der Waals surface area contributed by atoms with Gasteiger partial charge in [0.25, 0.3) is 0 Å². The standard InChI is InChI=1S/C12H10BrCl2N3/c1-18(7-8-2-4-9(14)5-3-8)11-10(13)6-16-12(15)17-11/h2-6H,7H2,1H3. The fraction of sp³-hybridized carbons (Fsp3) is 0.167. The van der Waals surface area contributed by atoms with Crippen LogP contribution in [0.4, 0.5) is 5.82 Å². The maximum Gasteiger partial charge on any atom is 0.224 e. The molecule has 0 aliphatic rings. The summed E-state index contributed by atoms with van der Waals surface area (Å²) >= 11 is 15.1. The second-order valence-corrected chi connectivity index (χ2v) is 5.42. The zero-order valence-electron chi connectivity index (χ0n) is 9.57. The average molecular weight is 347 g/mol. The van der Waals surface area contributed by atoms with Gasteiger partial charge in [-0.15, -0.1) is 0 Å². The smallest absolute Gasteiger partial charge is 0.224 e. The van der Waals surface area contributed by atoms with Crippen molar-refractivity contribution in [2.45, 2.75) is 6.54 Å². The first-order valence-electron chi connectivity index (χ1n) is 5.20. The highest BCUT2D eigenvalue weighted by Gasteiger charge is 2.09. The molecule has 0 N–H and O–H groups in total. The highest BCUT2D eigenvalue weighted by molar-refractivity contribution is 9.10. The van der Waals surface area contributed by atoms with Crippen molar-refractivity contribution in [3.8, 4) is 0 Å². The van der Waals surface area contributed by atoms with E-state index in [1.807, 2.05) is 36.2 Å². The van der Waals surface area contributed by atoms with E-state index in [9.17, 15) is 0 Å². The van der Waals surface area contributed by atoms with Crippen molar-refractivity contribution in [3.05, 3.63) is 50.8 Å². The number of anilines is 1. The van der Waals surface area contributed by atoms with Gasteiger partial charge in [-0.2, -0.15) is 4.98 Å². The van der Waals surface area contributed by atoms with Gasteiger partial charge >= 0.3 is 0 Å². The van der Waals surface area contributed by atoms with Gasteiger partial charge in [0, 0.05) is 24.8 Å². The molecule has 0 amide bonds. The minimum Gasteiger partial charge on any atom is -0.354 e. The lowest BCUT2D eigenvalue weighted by molar-refractivity contribution is 0.886. The number of benzene rings is 1. The van der Waals surface area contributed by atoms with Gasteiger partial charge in [-0.1, -0.05) is 23.7 Å². The average Bonchev–Trinajstić information content (AvgIpc) is 2.35. The van der Waals surface area contributed by atoms with Crippen molar-refractivity contribution >= 4 is 44.9 Å². The van der Waals surface area contributed by atoms with E-state index in [-0.39, 0.29) is 5.28 Å². The Balaban J connectivity index is 2.18. The third-order valence-corrected chi connectivity index (χ3v) is 3.38. The molecule has 0 aliphatic carbocycles. The SMILES string of the molecule is CN(Cc1ccc(Cl)cc1)c1nc(Cl)ncc1Br. The molecule has 0 fully saturated rings. The first kappa shape index (κ1) is 13.6. The topological polar surface area (TPSA) is 29.0 Å². The van der Waals surface area contributed by atoms with Crippen molar-refractivity contribution in [2.24, 2.45) is 0 Å². The Bertz CT molecular complexity index is 546. The highest BCUT2D eigenvalue weighted by atomic mass is 79.9. The second-order valence-electron chi connectivity index (χ2n) is 3.79. The summed E-state index contributed by atoms with van der Waals surface area (Å²) < 4.78 is 0.809. The Kier molecular flexibility index (Phi) is 4.43. The molecule has 3 nitrogen and oxygen atoms in total. The van der Waals surface area contributed by atoms with Crippen molar-refractivity contribution in [2.75, 3.05) is 11.9 Å². The Labute approximate surface area is 124 Å². The molecule has 1 heterocycles. The number of nitrogens with zero attached hydrogens (tertiary/aromatic N) is 3. The molecular formula is C12H10BrCl2N3. The molecule has 0 atom stereocenters. The van der Waals surface area contributed by atoms with E-state index in [0.717, 1.165) is 20.9 Å². The molecule has 94 valence electrons. The van der Waals surface area contributed by atoms with E-state index in [2.05, 4.69) is 25.9 Å². The predicted molar refractivity (Wildman–Crippen MR) is 78.3 cm³/mol. The normalized spacial score (nSPS) is 10.4. The third-order valence-electron chi connectivity index (χ3n) is 2.39. The lowest BCUT2D eigenvalue weighted by Gasteiger charge is -2.19. The fourth-order valence-corrected chi connectivity index (χ4v) is 2.29. The summed E-state index contributed by atoms with van der Waals surface area (Å²) in [6.45, 7) is 0.711. The van der Waals surface area contributed by atoms with Crippen LogP contribution in [0.1, 0.15) is 5.56 Å². The van der Waals surface area contributed by atoms with Gasteiger partial charge in [-0.3, -0.25) is 0 Å². The molecule has 0 radical (unpaired) electrons. The largest absolute Gasteiger partial charge is 0.354 e. The van der Waals surface area contributed by atoms with Crippen molar-refractivity contribution in [1.29, 1.82) is 0 Å². The van der Waals surface area contributed by atoms with Gasteiger partial charge in [-0.05, 0) is 45.2 Å². The number of aromatic nitrogens is 2. The molecule has 0 spiro atoms. The lowest BCUT2D eigenvalue weighted by atomic mass is 10.2. The minimum absolute atomic E-state index is 0.233. The van der Waals surface area contributed by atoms with Crippen molar-refractivity contribution in [1.82, 2.24) is 9.97 Å². The molecular weight excluding hydrogens is 337 g/mol. The molecule has 1 aromatic carbocycles. The lowest BCUT2D eigenvalue weighted by Crippen LogP contribution is -2.18. The fourth-order valence-electron chi connectivity index (χ4n) is 1.54. The molecule has 6 heteroatoms. The minimum atomic E-state index is 0.233. The van der Waals surface area contributed by atoms with Gasteiger partial charge in [-0.25, -0.2) is 4.98 Å². The molecule has 0 unspecified atom stereocenters. The zero-order valence-corrected chi connectivity index (χ0v) is 12.7. The van der Waals surface area contributed by atoms with Crippen LogP contribution in [0.15, 0.2) is 34.9 Å². The number of rotatable bonds is 3. The summed E-state index contributed by atoms with van der Waals surface area (Å²) in [5.74, 6) is 0.755. The van der Waals surface area contributed by atoms with E-state index < -0.39 is 0 Å². The van der Waals surface area contributed by atoms with Crippen LogP contribution in [0.2, 0.25) is 10.3 Å². The van der Waals surface area contributed by atoms with Crippen LogP contribution in [-0.4, -0.2) is 17.0 Å². The molecule has 1 aromatic heterocycles. The number of halogens is 3. The predicted octanol–water partition coefficient (Wildman–Crippen LogP) is 4.18. The first-order chi connectivity index (χ1) is 8.56. The first-order valence-corrected chi connectivity index (χ1v) is 6.75. The van der Waals surface area contributed by atoms with Crippen LogP contribution in [-0.2, 0) is 6.54 Å². The Morgan fingerprint density at radius 1 is 1.22 bits per heavy atom. The summed E-state index contributed by atoms with van der Waals surface area (Å²) in [5, 5.41) is 0.962. The molecule has 0 saturated heterocycles. The van der Waals surface area contributed by atoms with Crippen LogP contribution in [0.5, 0.6) is 0 Å². The summed E-state index contributed by atoms with van der Waals surface area (Å²) in [6.07, 6.45) is 1.64. The summed E-state index contributed by atoms with van der Waals surface area (Å²) in [7, 11) is 1.94. The van der Waals surface area contributed by atoms with E-state index in [0.29, 0.717) is 6.54 Å². The summed E-state index contributed by atoms with van der Waals surface area (Å²) in [4.78, 5) is 10.1. The summed E-state index contributed by atoms with van der Waals surface area (Å²) in [6, 6.07) is 7.70. The van der Waals surface area contributed by atoms with Gasteiger partial charge in [0.15, 0.2) is 0 Å². The van der Waals surface area contributed by atoms with Crippen molar-refractivity contribution < 1.29 is 0 Å². The van der Waals surface area contributed by atoms with Gasteiger partial charge in [0.1, 0.15) is 5.82 Å². The van der Waals surface area contributed by atoms with Crippen LogP contribution < -0.4 is 4.90 Å². The van der Waals surface area contributed by atoms with Crippen LogP contribution in [0, 0.1) is 0 Å². The number of hydrogen-bond acceptors (Lipinski definition) is 3. The molecule has 0 bridgehead atoms. The number of hydrogen-bond donors (Lipinski definition) is 0. The maximum absolute atomic E-state index is 5.85. The summed E-state index contributed by atoms with van der Waals surface area (Å²) in [5.41, 5.74) is 1.14. The van der Waals surface area contributed by atoms with Crippen molar-refractivity contribution in [3.63, 3.8) is 0 Å². The van der Waals surface area contributed by atoms with E-state index in [1.54, 1.807) is 6.20 Å². The van der Waals surface area contributed by atoms with Crippen LogP contribution in [0.3, 0.4) is 0 Å². The third kappa shape index (κ3) is 3.34. The van der Waals surface area contributed by atoms with Gasteiger partial charge in [0.2, 0.25) is 5.28 Å². The molecule has 18 heavy (non-hydrogen) atoms. The molecule has 0 saturated carbocycles. The van der Waals surface area contributed by atoms with Crippen LogP contribution >= 0.6 is 39.1 Å². The van der Waals surface area contributed by atoms with Gasteiger partial charge < -0.3 is 4.90 Å². The Hall–Kier alpha value is -0.840. The Morgan fingerprint density at radius 2 is 1.89 bits per heavy atom. The van der Waals surface area contributed by atoms with Gasteiger partial charge in [0.05, 0.1) is 4.47 Å². The van der Waals surface area contributed by atoms with E-state index in [1.165, 1.54) is 0 Å². The Morgan fingerprint density at radius 3 is 2.56 bits per heavy atom. The van der Waals surface area contributed by atoms with E-state index >= 15 is 0 Å². The molecule has 2 rings (SSSR count). The van der Waals surface area contributed by atoms with Crippen LogP contribution in [0.25, 0.3) is 0 Å². The van der Waals surface area contributed by atoms with E-state index in [4.69, 9.17) is 23.2 Å².